The highest BCUT2D eigenvalue weighted by molar-refractivity contribution is 6.01. The highest BCUT2D eigenvalue weighted by atomic mass is 16.5. The van der Waals surface area contributed by atoms with Crippen molar-refractivity contribution in [3.05, 3.63) is 88.7 Å². The molecule has 9 heteroatoms. The van der Waals surface area contributed by atoms with E-state index in [9.17, 15) is 9.59 Å². The van der Waals surface area contributed by atoms with Gasteiger partial charge >= 0.3 is 0 Å². The van der Waals surface area contributed by atoms with Gasteiger partial charge in [-0.25, -0.2) is 0 Å². The van der Waals surface area contributed by atoms with Crippen LogP contribution in [0.15, 0.2) is 59.4 Å². The number of hydrogen-bond acceptors (Lipinski definition) is 6. The molecular weight excluding hydrogens is 468 g/mol. The van der Waals surface area contributed by atoms with Gasteiger partial charge in [0.05, 0.1) is 13.1 Å². The predicted octanol–water partition coefficient (Wildman–Crippen LogP) is 3.72. The monoisotopic (exact) mass is 496 g/mol. The highest BCUT2D eigenvalue weighted by Gasteiger charge is 2.34. The summed E-state index contributed by atoms with van der Waals surface area (Å²) in [5.74, 6) is 0.281. The van der Waals surface area contributed by atoms with Crippen LogP contribution in [-0.4, -0.2) is 61.2 Å². The molecule has 188 valence electrons. The third-order valence-corrected chi connectivity index (χ3v) is 7.22. The Bertz CT molecular complexity index is 1440. The van der Waals surface area contributed by atoms with Crippen LogP contribution in [0, 0.1) is 6.92 Å². The van der Waals surface area contributed by atoms with Crippen LogP contribution in [-0.2, 0) is 19.5 Å². The third-order valence-electron chi connectivity index (χ3n) is 7.22. The Morgan fingerprint density at radius 2 is 1.70 bits per heavy atom. The van der Waals surface area contributed by atoms with Crippen LogP contribution < -0.4 is 0 Å². The van der Waals surface area contributed by atoms with Crippen molar-refractivity contribution in [2.24, 2.45) is 0 Å². The molecule has 0 spiro atoms. The average molecular weight is 497 g/mol. The maximum atomic E-state index is 13.8. The van der Waals surface area contributed by atoms with E-state index in [-0.39, 0.29) is 11.8 Å². The largest absolute Gasteiger partial charge is 0.360 e. The number of fused-ring (bicyclic) bond motifs is 1. The fourth-order valence-corrected chi connectivity index (χ4v) is 5.27. The first-order chi connectivity index (χ1) is 18.1. The maximum absolute atomic E-state index is 13.8. The van der Waals surface area contributed by atoms with Crippen molar-refractivity contribution in [1.82, 2.24) is 29.7 Å². The van der Waals surface area contributed by atoms with Gasteiger partial charge in [0, 0.05) is 55.3 Å². The molecule has 9 nitrogen and oxygen atoms in total. The van der Waals surface area contributed by atoms with E-state index in [4.69, 9.17) is 9.62 Å². The number of aryl methyl sites for hydroxylation is 1. The van der Waals surface area contributed by atoms with Gasteiger partial charge in [-0.3, -0.25) is 19.3 Å². The van der Waals surface area contributed by atoms with Crippen molar-refractivity contribution in [2.45, 2.75) is 39.3 Å². The number of pyridine rings is 1. The summed E-state index contributed by atoms with van der Waals surface area (Å²) < 4.78 is 7.38. The minimum Gasteiger partial charge on any atom is -0.360 e. The molecule has 0 N–H and O–H groups in total. The molecule has 2 amide bonds. The summed E-state index contributed by atoms with van der Waals surface area (Å²) in [5.41, 5.74) is 5.19. The van der Waals surface area contributed by atoms with Crippen LogP contribution in [0.1, 0.15) is 56.3 Å². The summed E-state index contributed by atoms with van der Waals surface area (Å²) in [7, 11) is 0. The number of amides is 2. The van der Waals surface area contributed by atoms with Crippen molar-refractivity contribution < 1.29 is 14.1 Å². The smallest absolute Gasteiger partial charge is 0.274 e. The van der Waals surface area contributed by atoms with E-state index < -0.39 is 0 Å². The second-order valence-corrected chi connectivity index (χ2v) is 9.59. The van der Waals surface area contributed by atoms with Crippen molar-refractivity contribution >= 4 is 11.8 Å². The molecule has 1 aromatic carbocycles. The highest BCUT2D eigenvalue weighted by Crippen LogP contribution is 2.30. The molecule has 6 rings (SSSR count). The number of carbonyl (C=O) groups is 2. The topological polar surface area (TPSA) is 97.4 Å². The Morgan fingerprint density at radius 1 is 0.946 bits per heavy atom. The van der Waals surface area contributed by atoms with Crippen LogP contribution in [0.4, 0.5) is 0 Å². The molecule has 0 bridgehead atoms. The molecular formula is C28H28N6O3. The van der Waals surface area contributed by atoms with Gasteiger partial charge in [-0.2, -0.15) is 5.10 Å². The van der Waals surface area contributed by atoms with Crippen molar-refractivity contribution in [3.63, 3.8) is 0 Å². The number of aromatic nitrogens is 4. The van der Waals surface area contributed by atoms with Gasteiger partial charge in [0.2, 0.25) is 0 Å². The van der Waals surface area contributed by atoms with Gasteiger partial charge in [-0.05, 0) is 37.5 Å². The molecule has 0 saturated carbocycles. The van der Waals surface area contributed by atoms with Crippen molar-refractivity contribution in [2.75, 3.05) is 19.6 Å². The summed E-state index contributed by atoms with van der Waals surface area (Å²) in [6, 6.07) is 13.5. The van der Waals surface area contributed by atoms with Gasteiger partial charge in [0.1, 0.15) is 17.0 Å². The SMILES string of the molecule is Cc1onc(-c2ccccc2)c1C(=O)N1CCc2c(c(C(=O)N3CCCC3)nn2Cc2ccncc2)C1. The van der Waals surface area contributed by atoms with Crippen molar-refractivity contribution in [3.8, 4) is 11.3 Å². The number of carbonyl (C=O) groups excluding carboxylic acids is 2. The standard InChI is InChI=1S/C28H28N6O3/c1-19-24(25(31-37-19)21-7-3-2-4-8-21)27(35)33-16-11-23-22(18-33)26(28(36)32-14-5-6-15-32)30-34(23)17-20-9-12-29-13-10-20/h2-4,7-10,12-13H,5-6,11,14-18H2,1H3. The molecule has 1 fully saturated rings. The number of nitrogens with zero attached hydrogens (tertiary/aromatic N) is 6. The van der Waals surface area contributed by atoms with E-state index in [2.05, 4.69) is 10.1 Å². The molecule has 2 aliphatic rings. The van der Waals surface area contributed by atoms with Gasteiger partial charge in [0.15, 0.2) is 5.69 Å². The molecule has 5 heterocycles. The summed E-state index contributed by atoms with van der Waals surface area (Å²) in [6.07, 6.45) is 6.13. The molecule has 0 unspecified atom stereocenters. The number of rotatable bonds is 5. The van der Waals surface area contributed by atoms with E-state index in [1.54, 1.807) is 24.2 Å². The van der Waals surface area contributed by atoms with E-state index in [1.165, 1.54) is 0 Å². The Balaban J connectivity index is 1.34. The Hall–Kier alpha value is -4.27. The fraction of sp³-hybridized carbons (Fsp3) is 0.321. The first-order valence-corrected chi connectivity index (χ1v) is 12.7. The van der Waals surface area contributed by atoms with Crippen LogP contribution in [0.3, 0.4) is 0 Å². The second kappa shape index (κ2) is 9.65. The van der Waals surface area contributed by atoms with Crippen molar-refractivity contribution in [1.29, 1.82) is 0 Å². The lowest BCUT2D eigenvalue weighted by atomic mass is 10.0. The molecule has 0 atom stereocenters. The molecule has 37 heavy (non-hydrogen) atoms. The zero-order chi connectivity index (χ0) is 25.4. The second-order valence-electron chi connectivity index (χ2n) is 9.59. The molecule has 3 aromatic heterocycles. The molecule has 2 aliphatic heterocycles. The molecule has 4 aromatic rings. The van der Waals surface area contributed by atoms with E-state index in [1.807, 2.05) is 52.0 Å². The lowest BCUT2D eigenvalue weighted by Gasteiger charge is -2.28. The van der Waals surface area contributed by atoms with Crippen LogP contribution in [0.25, 0.3) is 11.3 Å². The Labute approximate surface area is 214 Å². The van der Waals surface area contributed by atoms with Gasteiger partial charge in [-0.1, -0.05) is 35.5 Å². The summed E-state index contributed by atoms with van der Waals surface area (Å²) >= 11 is 0. The molecule has 0 aliphatic carbocycles. The van der Waals surface area contributed by atoms with Gasteiger partial charge < -0.3 is 14.3 Å². The first-order valence-electron chi connectivity index (χ1n) is 12.7. The minimum atomic E-state index is -0.148. The lowest BCUT2D eigenvalue weighted by molar-refractivity contribution is 0.0721. The molecule has 1 saturated heterocycles. The summed E-state index contributed by atoms with van der Waals surface area (Å²) in [5, 5.41) is 9.00. The number of hydrogen-bond donors (Lipinski definition) is 0. The maximum Gasteiger partial charge on any atom is 0.274 e. The van der Waals surface area contributed by atoms with Gasteiger partial charge in [0.25, 0.3) is 11.8 Å². The lowest BCUT2D eigenvalue weighted by Crippen LogP contribution is -2.38. The Morgan fingerprint density at radius 3 is 2.46 bits per heavy atom. The molecule has 0 radical (unpaired) electrons. The summed E-state index contributed by atoms with van der Waals surface area (Å²) in [6.45, 7) is 4.63. The number of likely N-dealkylation sites (tertiary alicyclic amines) is 1. The van der Waals surface area contributed by atoms with Crippen LogP contribution in [0.5, 0.6) is 0 Å². The summed E-state index contributed by atoms with van der Waals surface area (Å²) in [4.78, 5) is 35.1. The van der Waals surface area contributed by atoms with Crippen LogP contribution in [0.2, 0.25) is 0 Å². The third kappa shape index (κ3) is 4.30. The van der Waals surface area contributed by atoms with Crippen LogP contribution >= 0.6 is 0 Å². The fourth-order valence-electron chi connectivity index (χ4n) is 5.27. The van der Waals surface area contributed by atoms with Gasteiger partial charge in [-0.15, -0.1) is 0 Å². The first kappa shape index (κ1) is 23.1. The van der Waals surface area contributed by atoms with E-state index in [0.29, 0.717) is 48.8 Å². The quantitative estimate of drug-likeness (QED) is 0.418. The van der Waals surface area contributed by atoms with E-state index in [0.717, 1.165) is 48.3 Å². The predicted molar refractivity (Wildman–Crippen MR) is 136 cm³/mol. The Kier molecular flexibility index (Phi) is 6.04. The normalized spacial score (nSPS) is 15.2. The zero-order valence-corrected chi connectivity index (χ0v) is 20.8. The minimum absolute atomic E-state index is 0.0531. The average Bonchev–Trinajstić information content (AvgIpc) is 3.68. The van der Waals surface area contributed by atoms with E-state index >= 15 is 0 Å². The number of benzene rings is 1. The zero-order valence-electron chi connectivity index (χ0n) is 20.8.